The van der Waals surface area contributed by atoms with Gasteiger partial charge in [0, 0.05) is 12.3 Å². The Hall–Kier alpha value is -3.09. The van der Waals surface area contributed by atoms with Crippen LogP contribution in [0.15, 0.2) is 65.6 Å². The van der Waals surface area contributed by atoms with E-state index in [-0.39, 0.29) is 23.7 Å². The zero-order valence-corrected chi connectivity index (χ0v) is 20.0. The van der Waals surface area contributed by atoms with Gasteiger partial charge in [0.25, 0.3) is 0 Å². The average Bonchev–Trinajstić information content (AvgIpc) is 3.23. The van der Waals surface area contributed by atoms with Crippen LogP contribution in [0.25, 0.3) is 0 Å². The van der Waals surface area contributed by atoms with Crippen molar-refractivity contribution in [3.05, 3.63) is 66.2 Å². The van der Waals surface area contributed by atoms with Crippen molar-refractivity contribution < 1.29 is 27.9 Å². The van der Waals surface area contributed by atoms with Crippen LogP contribution in [0.5, 0.6) is 0 Å². The van der Waals surface area contributed by atoms with Gasteiger partial charge in [-0.15, -0.1) is 11.8 Å². The Kier molecular flexibility index (Phi) is 8.53. The van der Waals surface area contributed by atoms with Crippen LogP contribution in [-0.2, 0) is 26.2 Å². The summed E-state index contributed by atoms with van der Waals surface area (Å²) in [5.74, 6) is -1.92. The molecule has 3 unspecified atom stereocenters. The van der Waals surface area contributed by atoms with Gasteiger partial charge < -0.3 is 21.1 Å². The van der Waals surface area contributed by atoms with E-state index < -0.39 is 45.4 Å². The summed E-state index contributed by atoms with van der Waals surface area (Å²) in [5.41, 5.74) is 0.869. The lowest BCUT2D eigenvalue weighted by Crippen LogP contribution is -2.56. The summed E-state index contributed by atoms with van der Waals surface area (Å²) in [6, 6.07) is 13.8. The molecule has 1 fully saturated rings. The SMILES string of the molecule is CC1SCC(C(=O)NC(CNC(=O)NCc2ccccc2)C(=O)O)N1S(=O)(=O)c1ccccc1. The van der Waals surface area contributed by atoms with Crippen molar-refractivity contribution >= 4 is 39.7 Å². The minimum atomic E-state index is -3.97. The first-order valence-corrected chi connectivity index (χ1v) is 13.0. The number of urea groups is 1. The van der Waals surface area contributed by atoms with Gasteiger partial charge in [-0.3, -0.25) is 4.79 Å². The molecule has 12 heteroatoms. The predicted octanol–water partition coefficient (Wildman–Crippen LogP) is 1.21. The smallest absolute Gasteiger partial charge is 0.328 e. The van der Waals surface area contributed by atoms with Crippen molar-refractivity contribution in [3.8, 4) is 0 Å². The largest absolute Gasteiger partial charge is 0.480 e. The molecular weight excluding hydrogens is 480 g/mol. The summed E-state index contributed by atoms with van der Waals surface area (Å²) in [4.78, 5) is 36.7. The maximum atomic E-state index is 13.1. The van der Waals surface area contributed by atoms with Crippen molar-refractivity contribution in [1.29, 1.82) is 0 Å². The maximum Gasteiger partial charge on any atom is 0.328 e. The van der Waals surface area contributed by atoms with Crippen LogP contribution >= 0.6 is 11.8 Å². The van der Waals surface area contributed by atoms with Gasteiger partial charge in [-0.1, -0.05) is 48.5 Å². The number of carbonyl (C=O) groups excluding carboxylic acids is 2. The standard InChI is InChI=1S/C22H26N4O6S2/c1-15-26(34(31,32)17-10-6-3-7-11-17)19(14-33-15)20(27)25-18(21(28)29)13-24-22(30)23-12-16-8-4-2-5-9-16/h2-11,15,18-19H,12-14H2,1H3,(H,25,27)(H,28,29)(H2,23,24,30). The molecule has 0 radical (unpaired) electrons. The molecule has 3 atom stereocenters. The van der Waals surface area contributed by atoms with Crippen LogP contribution in [-0.4, -0.2) is 65.5 Å². The van der Waals surface area contributed by atoms with Crippen molar-refractivity contribution in [2.24, 2.45) is 0 Å². The van der Waals surface area contributed by atoms with E-state index in [1.54, 1.807) is 25.1 Å². The number of carboxylic acids is 1. The molecule has 1 aliphatic heterocycles. The molecule has 0 saturated carbocycles. The van der Waals surface area contributed by atoms with Crippen LogP contribution in [0, 0.1) is 0 Å². The zero-order chi connectivity index (χ0) is 24.7. The number of benzene rings is 2. The van der Waals surface area contributed by atoms with E-state index in [1.165, 1.54) is 23.9 Å². The minimum absolute atomic E-state index is 0.0497. The highest BCUT2D eigenvalue weighted by Gasteiger charge is 2.45. The number of hydrogen-bond donors (Lipinski definition) is 4. The van der Waals surface area contributed by atoms with Crippen molar-refractivity contribution in [1.82, 2.24) is 20.3 Å². The molecule has 0 aromatic heterocycles. The Morgan fingerprint density at radius 3 is 2.29 bits per heavy atom. The molecule has 10 nitrogen and oxygen atoms in total. The van der Waals surface area contributed by atoms with Gasteiger partial charge in [0.2, 0.25) is 15.9 Å². The van der Waals surface area contributed by atoms with Gasteiger partial charge in [0.15, 0.2) is 0 Å². The van der Waals surface area contributed by atoms with Crippen LogP contribution in [0.4, 0.5) is 4.79 Å². The quantitative estimate of drug-likeness (QED) is 0.400. The van der Waals surface area contributed by atoms with Crippen molar-refractivity contribution in [2.75, 3.05) is 12.3 Å². The third-order valence-corrected chi connectivity index (χ3v) is 8.50. The first kappa shape index (κ1) is 25.5. The lowest BCUT2D eigenvalue weighted by atomic mass is 10.2. The number of nitrogens with one attached hydrogen (secondary N) is 3. The molecule has 34 heavy (non-hydrogen) atoms. The van der Waals surface area contributed by atoms with Crippen LogP contribution in [0.3, 0.4) is 0 Å². The number of amides is 3. The van der Waals surface area contributed by atoms with Gasteiger partial charge >= 0.3 is 12.0 Å². The molecular formula is C22H26N4O6S2. The topological polar surface area (TPSA) is 145 Å². The summed E-state index contributed by atoms with van der Waals surface area (Å²) < 4.78 is 27.4. The molecule has 0 bridgehead atoms. The van der Waals surface area contributed by atoms with E-state index >= 15 is 0 Å². The molecule has 1 heterocycles. The molecule has 1 aliphatic rings. The molecule has 1 saturated heterocycles. The van der Waals surface area contributed by atoms with E-state index in [0.29, 0.717) is 0 Å². The minimum Gasteiger partial charge on any atom is -0.480 e. The fourth-order valence-corrected chi connectivity index (χ4v) is 6.73. The Balaban J connectivity index is 1.62. The first-order valence-electron chi connectivity index (χ1n) is 10.5. The van der Waals surface area contributed by atoms with E-state index in [4.69, 9.17) is 0 Å². The second-order valence-corrected chi connectivity index (χ2v) is 10.7. The number of sulfonamides is 1. The molecule has 0 aliphatic carbocycles. The maximum absolute atomic E-state index is 13.1. The highest BCUT2D eigenvalue weighted by atomic mass is 32.2. The van der Waals surface area contributed by atoms with Crippen molar-refractivity contribution in [2.45, 2.75) is 35.8 Å². The molecule has 182 valence electrons. The fraction of sp³-hybridized carbons (Fsp3) is 0.318. The monoisotopic (exact) mass is 506 g/mol. The molecule has 3 amide bonds. The van der Waals surface area contributed by atoms with Crippen LogP contribution in [0.1, 0.15) is 12.5 Å². The fourth-order valence-electron chi connectivity index (χ4n) is 3.40. The highest BCUT2D eigenvalue weighted by Crippen LogP contribution is 2.34. The lowest BCUT2D eigenvalue weighted by molar-refractivity contribution is -0.142. The normalized spacial score (nSPS) is 19.2. The molecule has 2 aromatic rings. The number of rotatable bonds is 9. The van der Waals surface area contributed by atoms with E-state index in [1.807, 2.05) is 30.3 Å². The Morgan fingerprint density at radius 1 is 1.06 bits per heavy atom. The lowest BCUT2D eigenvalue weighted by Gasteiger charge is -2.27. The van der Waals surface area contributed by atoms with E-state index in [9.17, 15) is 27.9 Å². The summed E-state index contributed by atoms with van der Waals surface area (Å²) in [6.45, 7) is 1.55. The molecule has 3 rings (SSSR count). The molecule has 2 aromatic carbocycles. The van der Waals surface area contributed by atoms with E-state index in [0.717, 1.165) is 9.87 Å². The highest BCUT2D eigenvalue weighted by molar-refractivity contribution is 8.01. The van der Waals surface area contributed by atoms with Gasteiger partial charge in [-0.05, 0) is 24.6 Å². The van der Waals surface area contributed by atoms with Gasteiger partial charge in [-0.25, -0.2) is 18.0 Å². The molecule has 4 N–H and O–H groups in total. The second kappa shape index (κ2) is 11.4. The predicted molar refractivity (Wildman–Crippen MR) is 127 cm³/mol. The Labute approximate surface area is 202 Å². The third-order valence-electron chi connectivity index (χ3n) is 5.16. The third kappa shape index (κ3) is 6.27. The summed E-state index contributed by atoms with van der Waals surface area (Å²) in [5, 5.41) is 16.4. The van der Waals surface area contributed by atoms with Gasteiger partial charge in [0.1, 0.15) is 12.1 Å². The number of carbonyl (C=O) groups is 3. The number of hydrogen-bond acceptors (Lipinski definition) is 6. The summed E-state index contributed by atoms with van der Waals surface area (Å²) in [7, 11) is -3.97. The Bertz CT molecular complexity index is 1110. The second-order valence-electron chi connectivity index (χ2n) is 7.55. The zero-order valence-electron chi connectivity index (χ0n) is 18.4. The summed E-state index contributed by atoms with van der Waals surface area (Å²) in [6.07, 6.45) is 0. The van der Waals surface area contributed by atoms with E-state index in [2.05, 4.69) is 16.0 Å². The van der Waals surface area contributed by atoms with Crippen LogP contribution in [0.2, 0.25) is 0 Å². The summed E-state index contributed by atoms with van der Waals surface area (Å²) >= 11 is 1.28. The van der Waals surface area contributed by atoms with Crippen molar-refractivity contribution in [3.63, 3.8) is 0 Å². The Morgan fingerprint density at radius 2 is 1.68 bits per heavy atom. The number of nitrogens with zero attached hydrogens (tertiary/aromatic N) is 1. The van der Waals surface area contributed by atoms with Gasteiger partial charge in [-0.2, -0.15) is 4.31 Å². The number of carboxylic acid groups (broad SMARTS) is 1. The first-order chi connectivity index (χ1) is 16.2. The van der Waals surface area contributed by atoms with Gasteiger partial charge in [0.05, 0.1) is 16.8 Å². The number of aliphatic carboxylic acids is 1. The average molecular weight is 507 g/mol. The molecule has 0 spiro atoms. The number of thioether (sulfide) groups is 1. The van der Waals surface area contributed by atoms with Crippen LogP contribution < -0.4 is 16.0 Å².